The van der Waals surface area contributed by atoms with Crippen molar-refractivity contribution < 1.29 is 13.7 Å². The van der Waals surface area contributed by atoms with Crippen LogP contribution in [0.3, 0.4) is 0 Å². The number of benzene rings is 1. The highest BCUT2D eigenvalue weighted by atomic mass is 28.4. The van der Waals surface area contributed by atoms with Crippen molar-refractivity contribution in [3.8, 4) is 0 Å². The van der Waals surface area contributed by atoms with E-state index in [4.69, 9.17) is 9.31 Å². The molecule has 2 bridgehead atoms. The van der Waals surface area contributed by atoms with Crippen molar-refractivity contribution in [2.24, 2.45) is 17.3 Å². The van der Waals surface area contributed by atoms with E-state index in [9.17, 15) is 4.39 Å². The van der Waals surface area contributed by atoms with Crippen LogP contribution in [0.5, 0.6) is 0 Å². The Hall–Kier alpha value is -0.471. The van der Waals surface area contributed by atoms with E-state index in [1.165, 1.54) is 6.42 Å². The summed E-state index contributed by atoms with van der Waals surface area (Å²) < 4.78 is 30.2. The van der Waals surface area contributed by atoms with Gasteiger partial charge in [0.25, 0.3) is 0 Å². The van der Waals surface area contributed by atoms with Gasteiger partial charge in [0.2, 0.25) is 0 Å². The van der Waals surface area contributed by atoms with Crippen molar-refractivity contribution in [2.45, 2.75) is 97.0 Å². The lowest BCUT2D eigenvalue weighted by atomic mass is 9.43. The van der Waals surface area contributed by atoms with E-state index >= 15 is 0 Å². The molecule has 0 amide bonds. The van der Waals surface area contributed by atoms with Crippen molar-refractivity contribution in [2.75, 3.05) is 0 Å². The van der Waals surface area contributed by atoms with E-state index in [1.807, 2.05) is 12.1 Å². The van der Waals surface area contributed by atoms with Gasteiger partial charge in [-0.15, -0.1) is 0 Å². The summed E-state index contributed by atoms with van der Waals surface area (Å²) in [5.41, 5.74) is 1.30. The Morgan fingerprint density at radius 3 is 2.13 bits per heavy atom. The molecule has 4 aliphatic rings. The van der Waals surface area contributed by atoms with Crippen LogP contribution in [0.4, 0.5) is 4.39 Å². The molecule has 0 unspecified atom stereocenters. The molecule has 172 valence electrons. The van der Waals surface area contributed by atoms with E-state index < -0.39 is 16.5 Å². The van der Waals surface area contributed by atoms with Gasteiger partial charge < -0.3 is 13.5 Å². The van der Waals surface area contributed by atoms with Crippen LogP contribution in [0.15, 0.2) is 24.3 Å². The monoisotopic (exact) mass is 461 g/mol. The van der Waals surface area contributed by atoms with Crippen LogP contribution in [0.25, 0.3) is 0 Å². The third kappa shape index (κ3) is 4.03. The SMILES string of the molecule is CC1(C)[C@H]2C[C@@H]3OB([C@@H](Cc4ccc(F)cc4)N([Si](C)(C)C)[Si](C)(C)C)O[C@]3(C)[C@@H]1C2. The second-order valence-corrected chi connectivity index (χ2v) is 23.0. The Labute approximate surface area is 191 Å². The Bertz CT molecular complexity index is 808. The minimum absolute atomic E-state index is 0.159. The first-order valence-corrected chi connectivity index (χ1v) is 18.9. The third-order valence-electron chi connectivity index (χ3n) is 8.42. The van der Waals surface area contributed by atoms with E-state index in [-0.39, 0.29) is 30.6 Å². The maximum atomic E-state index is 13.6. The van der Waals surface area contributed by atoms with Gasteiger partial charge in [0, 0.05) is 5.94 Å². The van der Waals surface area contributed by atoms with Crippen molar-refractivity contribution in [1.82, 2.24) is 4.23 Å². The molecule has 4 fully saturated rings. The van der Waals surface area contributed by atoms with E-state index in [0.29, 0.717) is 11.3 Å². The Morgan fingerprint density at radius 1 is 1.03 bits per heavy atom. The molecule has 1 aliphatic heterocycles. The second-order valence-electron chi connectivity index (χ2n) is 12.9. The van der Waals surface area contributed by atoms with Crippen LogP contribution in [0, 0.1) is 23.1 Å². The summed E-state index contributed by atoms with van der Waals surface area (Å²) in [5, 5.41) is 0. The Morgan fingerprint density at radius 2 is 1.61 bits per heavy atom. The van der Waals surface area contributed by atoms with Crippen LogP contribution in [-0.2, 0) is 15.7 Å². The van der Waals surface area contributed by atoms with E-state index in [2.05, 4.69) is 64.3 Å². The zero-order valence-corrected chi connectivity index (χ0v) is 23.0. The molecule has 1 aromatic carbocycles. The Kier molecular flexibility index (Phi) is 5.74. The molecule has 1 aromatic rings. The quantitative estimate of drug-likeness (QED) is 0.487. The minimum Gasteiger partial charge on any atom is -0.404 e. The van der Waals surface area contributed by atoms with Gasteiger partial charge in [-0.2, -0.15) is 0 Å². The molecule has 31 heavy (non-hydrogen) atoms. The predicted octanol–water partition coefficient (Wildman–Crippen LogP) is 5.98. The van der Waals surface area contributed by atoms with Crippen LogP contribution >= 0.6 is 0 Å². The van der Waals surface area contributed by atoms with E-state index in [1.54, 1.807) is 12.1 Å². The predicted molar refractivity (Wildman–Crippen MR) is 133 cm³/mol. The number of rotatable bonds is 6. The molecule has 1 saturated heterocycles. The van der Waals surface area contributed by atoms with Crippen molar-refractivity contribution in [3.05, 3.63) is 35.6 Å². The molecular weight excluding hydrogens is 420 g/mol. The zero-order valence-electron chi connectivity index (χ0n) is 21.0. The van der Waals surface area contributed by atoms with Crippen LogP contribution in [-0.4, -0.2) is 45.5 Å². The molecule has 0 spiro atoms. The lowest BCUT2D eigenvalue weighted by molar-refractivity contribution is -0.199. The summed E-state index contributed by atoms with van der Waals surface area (Å²) in [6.45, 7) is 21.8. The molecule has 3 aliphatic carbocycles. The first-order chi connectivity index (χ1) is 14.1. The summed E-state index contributed by atoms with van der Waals surface area (Å²) >= 11 is 0. The highest BCUT2D eigenvalue weighted by Crippen LogP contribution is 2.65. The molecule has 0 radical (unpaired) electrons. The first-order valence-electron chi connectivity index (χ1n) is 12.0. The summed E-state index contributed by atoms with van der Waals surface area (Å²) in [6.07, 6.45) is 3.40. The molecule has 7 heteroatoms. The molecule has 1 heterocycles. The fraction of sp³-hybridized carbons (Fsp3) is 0.750. The van der Waals surface area contributed by atoms with E-state index in [0.717, 1.165) is 24.3 Å². The summed E-state index contributed by atoms with van der Waals surface area (Å²) in [6, 6.07) is 7.01. The van der Waals surface area contributed by atoms with Crippen LogP contribution in [0.2, 0.25) is 39.3 Å². The molecule has 5 rings (SSSR count). The third-order valence-corrected chi connectivity index (χ3v) is 16.0. The molecule has 5 atom stereocenters. The van der Waals surface area contributed by atoms with Gasteiger partial charge in [-0.3, -0.25) is 0 Å². The second kappa shape index (κ2) is 7.52. The largest absolute Gasteiger partial charge is 0.475 e. The normalized spacial score (nSPS) is 33.3. The van der Waals surface area contributed by atoms with Gasteiger partial charge in [-0.05, 0) is 61.1 Å². The number of hydrogen-bond acceptors (Lipinski definition) is 3. The standard InChI is InChI=1S/C24H41BFNO2Si2/c1-23(2)18-15-20(23)24(3)21(16-18)28-25(29-24)22(14-17-10-12-19(26)13-11-17)27(30(4,5)6)31(7,8)9/h10-13,18,20-22H,14-16H2,1-9H3/t18-,20-,21+,22-,24-/m1/s1. The van der Waals surface area contributed by atoms with Gasteiger partial charge in [0.1, 0.15) is 22.3 Å². The number of hydrogen-bond donors (Lipinski definition) is 0. The number of halogens is 1. The van der Waals surface area contributed by atoms with Crippen molar-refractivity contribution in [3.63, 3.8) is 0 Å². The summed E-state index contributed by atoms with van der Waals surface area (Å²) in [5.74, 6) is 1.29. The first kappa shape index (κ1) is 23.7. The smallest absolute Gasteiger partial charge is 0.404 e. The molecule has 3 nitrogen and oxygen atoms in total. The minimum atomic E-state index is -1.66. The lowest BCUT2D eigenvalue weighted by Crippen LogP contribution is -2.68. The van der Waals surface area contributed by atoms with Crippen LogP contribution < -0.4 is 0 Å². The molecule has 0 aromatic heterocycles. The average molecular weight is 462 g/mol. The maximum Gasteiger partial charge on any atom is 0.475 e. The Balaban J connectivity index is 1.68. The maximum absolute atomic E-state index is 13.6. The average Bonchev–Trinajstić information content (AvgIpc) is 2.97. The molecule has 0 N–H and O–H groups in total. The number of nitrogens with zero attached hydrogens (tertiary/aromatic N) is 1. The highest BCUT2D eigenvalue weighted by Gasteiger charge is 2.69. The van der Waals surface area contributed by atoms with Gasteiger partial charge in [-0.1, -0.05) is 65.3 Å². The van der Waals surface area contributed by atoms with Crippen molar-refractivity contribution >= 4 is 23.6 Å². The van der Waals surface area contributed by atoms with Gasteiger partial charge in [0.05, 0.1) is 11.7 Å². The highest BCUT2D eigenvalue weighted by molar-refractivity contribution is 6.90. The fourth-order valence-corrected chi connectivity index (χ4v) is 17.7. The van der Waals surface area contributed by atoms with Crippen LogP contribution in [0.1, 0.15) is 39.2 Å². The molecular formula is C24H41BFNO2Si2. The van der Waals surface area contributed by atoms with Gasteiger partial charge >= 0.3 is 7.12 Å². The van der Waals surface area contributed by atoms with Gasteiger partial charge in [-0.25, -0.2) is 4.39 Å². The van der Waals surface area contributed by atoms with Gasteiger partial charge in [0.15, 0.2) is 0 Å². The summed E-state index contributed by atoms with van der Waals surface area (Å²) in [7, 11) is -3.56. The molecule has 3 saturated carbocycles. The fourth-order valence-electron chi connectivity index (χ4n) is 7.24. The topological polar surface area (TPSA) is 21.7 Å². The summed E-state index contributed by atoms with van der Waals surface area (Å²) in [4.78, 5) is 0. The zero-order chi connectivity index (χ0) is 23.0. The van der Waals surface area contributed by atoms with Crippen molar-refractivity contribution in [1.29, 1.82) is 0 Å². The lowest BCUT2D eigenvalue weighted by Gasteiger charge is -2.64.